The van der Waals surface area contributed by atoms with E-state index < -0.39 is 10.9 Å². The van der Waals surface area contributed by atoms with Crippen molar-refractivity contribution in [3.05, 3.63) is 230 Å². The minimum absolute atomic E-state index is 0.0395. The molecule has 0 unspecified atom stereocenters. The standard InChI is InChI=1S/C68H47N11O3S4/c1-6-77-67(82)66(84-68(77)83)72-55-36-70-58(63-61(55)74-86-76-63)42-18-28-50(29-19-42)79(49-24-11-39(4)12-25-49)56-30-13-40(5)31-51(56)44-15-14-43-33-52-53(34-45(43)32-44)64(80)65(81)59(52)71-54-35-69-57(62-60(54)73-85-75-62)41-16-26-48(27-17-41)78(46-20-7-37(2)8-21-46)47-22-9-38(3)10-23-47/h7-36H,6H2,1-5H3/b71-59-,72-66+. The van der Waals surface area contributed by atoms with E-state index in [1.54, 1.807) is 18.5 Å². The van der Waals surface area contributed by atoms with Gasteiger partial charge in [0.05, 0.1) is 52.9 Å². The topological polar surface area (TPSA) is 163 Å². The number of carbonyl (C=O) groups is 1. The van der Waals surface area contributed by atoms with E-state index in [9.17, 15) is 14.4 Å². The van der Waals surface area contributed by atoms with Gasteiger partial charge in [0.1, 0.15) is 43.1 Å². The molecule has 4 aromatic heterocycles. The van der Waals surface area contributed by atoms with Crippen LogP contribution in [0.25, 0.3) is 77.3 Å². The Kier molecular flexibility index (Phi) is 13.8. The quantitative estimate of drug-likeness (QED) is 0.0839. The number of rotatable bonds is 12. The molecule has 0 spiro atoms. The molecule has 1 aliphatic rings. The van der Waals surface area contributed by atoms with Crippen LogP contribution in [0.4, 0.5) is 45.5 Å². The van der Waals surface area contributed by atoms with Gasteiger partial charge in [-0.1, -0.05) is 113 Å². The van der Waals surface area contributed by atoms with E-state index in [0.717, 1.165) is 102 Å². The third-order valence-electron chi connectivity index (χ3n) is 15.4. The number of thiocarbonyl (C=S) groups is 1. The minimum atomic E-state index is -0.695. The van der Waals surface area contributed by atoms with Gasteiger partial charge < -0.3 is 9.80 Å². The maximum atomic E-state index is 14.1. The van der Waals surface area contributed by atoms with Crippen LogP contribution in [-0.4, -0.2) is 54.2 Å². The smallest absolute Gasteiger partial charge is 0.284 e. The van der Waals surface area contributed by atoms with E-state index in [4.69, 9.17) is 27.2 Å². The molecule has 13 aromatic rings. The van der Waals surface area contributed by atoms with E-state index in [-0.39, 0.29) is 21.7 Å². The van der Waals surface area contributed by atoms with Crippen molar-refractivity contribution in [3.8, 4) is 33.6 Å². The third kappa shape index (κ3) is 9.71. The van der Waals surface area contributed by atoms with Crippen LogP contribution in [0.15, 0.2) is 202 Å². The Bertz CT molecular complexity index is 5050. The monoisotopic (exact) mass is 1190 g/mol. The Morgan fingerprint density at radius 2 is 0.942 bits per heavy atom. The van der Waals surface area contributed by atoms with Gasteiger partial charge in [0, 0.05) is 62.4 Å². The molecule has 14 nitrogen and oxygen atoms in total. The van der Waals surface area contributed by atoms with Crippen molar-refractivity contribution in [1.29, 1.82) is 0 Å². The van der Waals surface area contributed by atoms with Crippen molar-refractivity contribution in [3.63, 3.8) is 0 Å². The molecule has 9 aromatic carbocycles. The lowest BCUT2D eigenvalue weighted by molar-refractivity contribution is -0.119. The van der Waals surface area contributed by atoms with Crippen molar-refractivity contribution in [2.45, 2.75) is 34.6 Å². The molecule has 0 bridgehead atoms. The first kappa shape index (κ1) is 54.1. The number of thioether (sulfide) groups is 1. The number of hydrogen-bond acceptors (Lipinski definition) is 17. The fourth-order valence-corrected chi connectivity index (χ4v) is 13.3. The highest BCUT2D eigenvalue weighted by molar-refractivity contribution is 8.35. The van der Waals surface area contributed by atoms with Crippen molar-refractivity contribution in [2.24, 2.45) is 9.98 Å². The molecular weight excluding hydrogens is 1150 g/mol. The van der Waals surface area contributed by atoms with Gasteiger partial charge in [-0.15, -0.1) is 0 Å². The van der Waals surface area contributed by atoms with Gasteiger partial charge in [-0.05, 0) is 154 Å². The summed E-state index contributed by atoms with van der Waals surface area (Å²) in [5.41, 5.74) is 16.8. The number of aryl methyl sites for hydroxylation is 4. The summed E-state index contributed by atoms with van der Waals surface area (Å²) >= 11 is 8.69. The molecule has 1 fully saturated rings. The summed E-state index contributed by atoms with van der Waals surface area (Å²) in [6.07, 6.45) is 3.23. The first-order valence-electron chi connectivity index (χ1n) is 27.6. The summed E-state index contributed by atoms with van der Waals surface area (Å²) in [4.78, 5) is 66.3. The lowest BCUT2D eigenvalue weighted by Gasteiger charge is -2.28. The first-order chi connectivity index (χ1) is 41.8. The molecule has 1 saturated heterocycles. The SMILES string of the molecule is CCN1C(=O)/C(=N\c2cnc(-c3ccc(N(c4ccc(C)cc4)c4ccc(C)cc4-c4ccc5cc6/c(=N/c7cnc(-c8ccc(N(c9ccc(C)cc9)c9ccc(C)cc9)cc8)c8nsnc78)c(=O)c(=O)c6cc5c4)cc3)c3nsnc23)SC1=S. The second-order valence-corrected chi connectivity index (χ2v) is 23.8. The molecule has 18 heteroatoms. The van der Waals surface area contributed by atoms with Crippen LogP contribution in [0.2, 0.25) is 0 Å². The molecule has 86 heavy (non-hydrogen) atoms. The summed E-state index contributed by atoms with van der Waals surface area (Å²) in [6, 6.07) is 57.9. The molecule has 0 saturated carbocycles. The lowest BCUT2D eigenvalue weighted by Crippen LogP contribution is -2.30. The predicted octanol–water partition coefficient (Wildman–Crippen LogP) is 15.7. The molecule has 0 radical (unpaired) electrons. The minimum Gasteiger partial charge on any atom is -0.311 e. The van der Waals surface area contributed by atoms with Crippen LogP contribution in [0.3, 0.4) is 0 Å². The van der Waals surface area contributed by atoms with Crippen molar-refractivity contribution in [2.75, 3.05) is 16.3 Å². The maximum Gasteiger partial charge on any atom is 0.284 e. The Morgan fingerprint density at radius 3 is 1.47 bits per heavy atom. The molecule has 14 rings (SSSR count). The number of nitrogens with zero attached hydrogens (tertiary/aromatic N) is 11. The summed E-state index contributed by atoms with van der Waals surface area (Å²) in [6.45, 7) is 10.6. The normalized spacial score (nSPS) is 13.4. The van der Waals surface area contributed by atoms with Crippen LogP contribution < -0.4 is 26.0 Å². The number of fused-ring (bicyclic) bond motifs is 4. The average molecular weight is 1190 g/mol. The van der Waals surface area contributed by atoms with Crippen molar-refractivity contribution in [1.82, 2.24) is 32.4 Å². The first-order valence-corrected chi connectivity index (χ1v) is 30.3. The van der Waals surface area contributed by atoms with Gasteiger partial charge in [0.15, 0.2) is 5.04 Å². The molecule has 5 heterocycles. The Hall–Kier alpha value is -9.85. The summed E-state index contributed by atoms with van der Waals surface area (Å²) < 4.78 is 19.0. The largest absolute Gasteiger partial charge is 0.311 e. The van der Waals surface area contributed by atoms with Gasteiger partial charge in [-0.3, -0.25) is 29.3 Å². The van der Waals surface area contributed by atoms with Gasteiger partial charge in [-0.25, -0.2) is 9.98 Å². The number of amides is 1. The number of aromatic nitrogens is 6. The molecular formula is C68H47N11O3S4. The van der Waals surface area contributed by atoms with Crippen LogP contribution in [0.1, 0.15) is 29.2 Å². The van der Waals surface area contributed by atoms with E-state index in [1.165, 1.54) is 27.8 Å². The van der Waals surface area contributed by atoms with Crippen LogP contribution >= 0.6 is 47.4 Å². The number of benzene rings is 8. The maximum absolute atomic E-state index is 14.1. The fraction of sp³-hybridized carbons (Fsp3) is 0.0882. The van der Waals surface area contributed by atoms with Gasteiger partial charge in [-0.2, -0.15) is 17.5 Å². The van der Waals surface area contributed by atoms with Crippen molar-refractivity contribution < 1.29 is 4.79 Å². The second kappa shape index (κ2) is 22.0. The highest BCUT2D eigenvalue weighted by Crippen LogP contribution is 2.44. The number of hydrogen-bond donors (Lipinski definition) is 0. The van der Waals surface area contributed by atoms with Gasteiger partial charge >= 0.3 is 0 Å². The van der Waals surface area contributed by atoms with Crippen molar-refractivity contribution >= 4 is 152 Å². The van der Waals surface area contributed by atoms with Crippen LogP contribution in [0.5, 0.6) is 0 Å². The zero-order chi connectivity index (χ0) is 58.9. The Morgan fingerprint density at radius 1 is 0.477 bits per heavy atom. The van der Waals surface area contributed by atoms with E-state index >= 15 is 0 Å². The van der Waals surface area contributed by atoms with Crippen LogP contribution in [-0.2, 0) is 4.79 Å². The zero-order valence-corrected chi connectivity index (χ0v) is 50.1. The molecule has 0 N–H and O–H groups in total. The van der Waals surface area contributed by atoms with Gasteiger partial charge in [0.2, 0.25) is 5.43 Å². The average Bonchev–Trinajstić information content (AvgIpc) is 2.45. The highest BCUT2D eigenvalue weighted by atomic mass is 32.2. The van der Waals surface area contributed by atoms with E-state index in [0.29, 0.717) is 61.1 Å². The molecule has 1 amide bonds. The predicted molar refractivity (Wildman–Crippen MR) is 355 cm³/mol. The Balaban J connectivity index is 0.793. The molecule has 0 aliphatic carbocycles. The number of anilines is 6. The second-order valence-electron chi connectivity index (χ2n) is 21.1. The Labute approximate surface area is 510 Å². The highest BCUT2D eigenvalue weighted by Gasteiger charge is 2.33. The summed E-state index contributed by atoms with van der Waals surface area (Å²) in [5.74, 6) is -0.236. The fourth-order valence-electron chi connectivity index (χ4n) is 10.9. The van der Waals surface area contributed by atoms with Crippen LogP contribution in [0, 0.1) is 27.7 Å². The van der Waals surface area contributed by atoms with E-state index in [2.05, 4.69) is 187 Å². The number of pyridine rings is 2. The summed E-state index contributed by atoms with van der Waals surface area (Å²) in [5, 5.41) is 2.68. The molecule has 1 aliphatic heterocycles. The third-order valence-corrected chi connectivity index (χ3v) is 17.8. The molecule has 416 valence electrons. The lowest BCUT2D eigenvalue weighted by atomic mass is 9.96. The molecule has 0 atom stereocenters. The van der Waals surface area contributed by atoms with Gasteiger partial charge in [0.25, 0.3) is 11.3 Å². The zero-order valence-electron chi connectivity index (χ0n) is 46.8. The number of aliphatic imine (C=N–C) groups is 1. The van der Waals surface area contributed by atoms with E-state index in [1.807, 2.05) is 43.3 Å². The summed E-state index contributed by atoms with van der Waals surface area (Å²) in [7, 11) is 0. The number of carbonyl (C=O) groups excluding carboxylic acids is 1.